The highest BCUT2D eigenvalue weighted by molar-refractivity contribution is 5.93. The molecule has 0 aliphatic carbocycles. The van der Waals surface area contributed by atoms with Gasteiger partial charge in [-0.25, -0.2) is 4.79 Å². The SMILES string of the molecule is COC(=O)/C=C/c1c(C)oc2ccccc12. The smallest absolute Gasteiger partial charge is 0.330 e. The second-order valence-corrected chi connectivity index (χ2v) is 3.42. The monoisotopic (exact) mass is 216 g/mol. The number of fused-ring (bicyclic) bond motifs is 1. The first-order valence-corrected chi connectivity index (χ1v) is 4.96. The van der Waals surface area contributed by atoms with Gasteiger partial charge >= 0.3 is 5.97 Å². The summed E-state index contributed by atoms with van der Waals surface area (Å²) in [7, 11) is 1.35. The van der Waals surface area contributed by atoms with E-state index in [1.165, 1.54) is 13.2 Å². The van der Waals surface area contributed by atoms with Crippen molar-refractivity contribution in [3.8, 4) is 0 Å². The van der Waals surface area contributed by atoms with E-state index < -0.39 is 0 Å². The zero-order valence-electron chi connectivity index (χ0n) is 9.19. The van der Waals surface area contributed by atoms with Gasteiger partial charge in [0.2, 0.25) is 0 Å². The van der Waals surface area contributed by atoms with Crippen molar-refractivity contribution in [1.82, 2.24) is 0 Å². The minimum absolute atomic E-state index is 0.371. The molecule has 0 atom stereocenters. The van der Waals surface area contributed by atoms with Gasteiger partial charge in [-0.2, -0.15) is 0 Å². The van der Waals surface area contributed by atoms with Crippen LogP contribution in [-0.2, 0) is 9.53 Å². The molecule has 0 aliphatic heterocycles. The standard InChI is InChI=1S/C13H12O3/c1-9-10(7-8-13(14)15-2)11-5-3-4-6-12(11)16-9/h3-8H,1-2H3/b8-7+. The number of carbonyl (C=O) groups is 1. The summed E-state index contributed by atoms with van der Waals surface area (Å²) in [5.41, 5.74) is 1.74. The zero-order chi connectivity index (χ0) is 11.5. The topological polar surface area (TPSA) is 39.4 Å². The number of hydrogen-bond acceptors (Lipinski definition) is 3. The van der Waals surface area contributed by atoms with Crippen molar-refractivity contribution in [1.29, 1.82) is 0 Å². The molecule has 0 saturated heterocycles. The number of furan rings is 1. The van der Waals surface area contributed by atoms with Crippen LogP contribution in [0.15, 0.2) is 34.8 Å². The molecule has 1 heterocycles. The van der Waals surface area contributed by atoms with Gasteiger partial charge in [0, 0.05) is 17.0 Å². The molecule has 0 bridgehead atoms. The van der Waals surface area contributed by atoms with Gasteiger partial charge in [0.1, 0.15) is 11.3 Å². The Bertz CT molecular complexity index is 549. The van der Waals surface area contributed by atoms with Crippen molar-refractivity contribution in [2.75, 3.05) is 7.11 Å². The van der Waals surface area contributed by atoms with Gasteiger partial charge in [-0.15, -0.1) is 0 Å². The van der Waals surface area contributed by atoms with E-state index in [4.69, 9.17) is 4.42 Å². The first-order chi connectivity index (χ1) is 7.72. The number of rotatable bonds is 2. The van der Waals surface area contributed by atoms with E-state index in [0.717, 1.165) is 22.3 Å². The van der Waals surface area contributed by atoms with Gasteiger partial charge in [0.05, 0.1) is 7.11 Å². The molecule has 0 fully saturated rings. The lowest BCUT2D eigenvalue weighted by Crippen LogP contribution is -1.93. The van der Waals surface area contributed by atoms with Gasteiger partial charge in [-0.3, -0.25) is 0 Å². The van der Waals surface area contributed by atoms with Crippen LogP contribution in [0.3, 0.4) is 0 Å². The molecule has 82 valence electrons. The maximum absolute atomic E-state index is 11.0. The number of aryl methyl sites for hydroxylation is 1. The molecule has 2 rings (SSSR count). The Hall–Kier alpha value is -2.03. The number of methoxy groups -OCH3 is 1. The third-order valence-corrected chi connectivity index (χ3v) is 2.41. The highest BCUT2D eigenvalue weighted by Crippen LogP contribution is 2.26. The average molecular weight is 216 g/mol. The molecule has 0 spiro atoms. The van der Waals surface area contributed by atoms with Crippen molar-refractivity contribution in [2.45, 2.75) is 6.92 Å². The Morgan fingerprint density at radius 2 is 2.12 bits per heavy atom. The van der Waals surface area contributed by atoms with Gasteiger partial charge < -0.3 is 9.15 Å². The van der Waals surface area contributed by atoms with E-state index >= 15 is 0 Å². The summed E-state index contributed by atoms with van der Waals surface area (Å²) < 4.78 is 10.1. The van der Waals surface area contributed by atoms with Gasteiger partial charge in [-0.05, 0) is 19.1 Å². The Morgan fingerprint density at radius 3 is 2.88 bits per heavy atom. The molecule has 1 aromatic carbocycles. The quantitative estimate of drug-likeness (QED) is 0.572. The highest BCUT2D eigenvalue weighted by Gasteiger charge is 2.07. The van der Waals surface area contributed by atoms with E-state index in [-0.39, 0.29) is 5.97 Å². The lowest BCUT2D eigenvalue weighted by molar-refractivity contribution is -0.134. The summed E-state index contributed by atoms with van der Waals surface area (Å²) in [5, 5.41) is 1.00. The van der Waals surface area contributed by atoms with Crippen LogP contribution in [-0.4, -0.2) is 13.1 Å². The summed E-state index contributed by atoms with van der Waals surface area (Å²) >= 11 is 0. The minimum atomic E-state index is -0.371. The largest absolute Gasteiger partial charge is 0.466 e. The molecule has 0 aliphatic rings. The maximum Gasteiger partial charge on any atom is 0.330 e. The van der Waals surface area contributed by atoms with Gasteiger partial charge in [0.25, 0.3) is 0 Å². The fourth-order valence-electron chi connectivity index (χ4n) is 1.61. The number of ether oxygens (including phenoxy) is 1. The first-order valence-electron chi connectivity index (χ1n) is 4.96. The summed E-state index contributed by atoms with van der Waals surface area (Å²) in [4.78, 5) is 11.0. The lowest BCUT2D eigenvalue weighted by atomic mass is 10.1. The first kappa shape index (κ1) is 10.5. The zero-order valence-corrected chi connectivity index (χ0v) is 9.19. The average Bonchev–Trinajstić information content (AvgIpc) is 2.62. The molecule has 3 heteroatoms. The van der Waals surface area contributed by atoms with Crippen molar-refractivity contribution >= 4 is 23.0 Å². The second-order valence-electron chi connectivity index (χ2n) is 3.42. The van der Waals surface area contributed by atoms with Crippen molar-refractivity contribution in [3.63, 3.8) is 0 Å². The lowest BCUT2D eigenvalue weighted by Gasteiger charge is -1.91. The van der Waals surface area contributed by atoms with E-state index in [1.54, 1.807) is 6.08 Å². The summed E-state index contributed by atoms with van der Waals surface area (Å²) in [5.74, 6) is 0.422. The fourth-order valence-corrected chi connectivity index (χ4v) is 1.61. The molecular formula is C13H12O3. The summed E-state index contributed by atoms with van der Waals surface area (Å²) in [6.45, 7) is 1.87. The Morgan fingerprint density at radius 1 is 1.38 bits per heavy atom. The Labute approximate surface area is 93.3 Å². The van der Waals surface area contributed by atoms with Crippen molar-refractivity contribution < 1.29 is 13.9 Å². The van der Waals surface area contributed by atoms with Crippen LogP contribution >= 0.6 is 0 Å². The normalized spacial score (nSPS) is 11.1. The van der Waals surface area contributed by atoms with Crippen molar-refractivity contribution in [3.05, 3.63) is 41.7 Å². The van der Waals surface area contributed by atoms with Crippen LogP contribution in [0.1, 0.15) is 11.3 Å². The third kappa shape index (κ3) is 1.84. The minimum Gasteiger partial charge on any atom is -0.466 e. The summed E-state index contributed by atoms with van der Waals surface area (Å²) in [6, 6.07) is 7.71. The van der Waals surface area contributed by atoms with Crippen LogP contribution in [0, 0.1) is 6.92 Å². The predicted molar refractivity (Wildman–Crippen MR) is 62.0 cm³/mol. The molecule has 0 saturated carbocycles. The maximum atomic E-state index is 11.0. The molecule has 1 aromatic heterocycles. The molecular weight excluding hydrogens is 204 g/mol. The molecule has 16 heavy (non-hydrogen) atoms. The van der Waals surface area contributed by atoms with Crippen LogP contribution < -0.4 is 0 Å². The van der Waals surface area contributed by atoms with Crippen LogP contribution in [0.4, 0.5) is 0 Å². The molecule has 0 unspecified atom stereocenters. The van der Waals surface area contributed by atoms with E-state index in [2.05, 4.69) is 4.74 Å². The van der Waals surface area contributed by atoms with Crippen molar-refractivity contribution in [2.24, 2.45) is 0 Å². The Balaban J connectivity index is 2.47. The second kappa shape index (κ2) is 4.23. The summed E-state index contributed by atoms with van der Waals surface area (Å²) in [6.07, 6.45) is 3.11. The van der Waals surface area contributed by atoms with E-state index in [1.807, 2.05) is 31.2 Å². The predicted octanol–water partition coefficient (Wildman–Crippen LogP) is 2.93. The fraction of sp³-hybridized carbons (Fsp3) is 0.154. The number of esters is 1. The van der Waals surface area contributed by atoms with E-state index in [9.17, 15) is 4.79 Å². The number of para-hydroxylation sites is 1. The molecule has 0 radical (unpaired) electrons. The molecule has 0 N–H and O–H groups in total. The third-order valence-electron chi connectivity index (χ3n) is 2.41. The highest BCUT2D eigenvalue weighted by atomic mass is 16.5. The number of hydrogen-bond donors (Lipinski definition) is 0. The molecule has 0 amide bonds. The number of benzene rings is 1. The van der Waals surface area contributed by atoms with E-state index in [0.29, 0.717) is 0 Å². The molecule has 2 aromatic rings. The van der Waals surface area contributed by atoms with Gasteiger partial charge in [0.15, 0.2) is 0 Å². The molecule has 3 nitrogen and oxygen atoms in total. The van der Waals surface area contributed by atoms with Gasteiger partial charge in [-0.1, -0.05) is 18.2 Å². The Kier molecular flexibility index (Phi) is 2.77. The number of carbonyl (C=O) groups excluding carboxylic acids is 1. The van der Waals surface area contributed by atoms with Crippen LogP contribution in [0.2, 0.25) is 0 Å². The van der Waals surface area contributed by atoms with Crippen LogP contribution in [0.5, 0.6) is 0 Å². The van der Waals surface area contributed by atoms with Crippen LogP contribution in [0.25, 0.3) is 17.0 Å².